The van der Waals surface area contributed by atoms with Gasteiger partial charge in [0.15, 0.2) is 11.3 Å². The summed E-state index contributed by atoms with van der Waals surface area (Å²) in [6.07, 6.45) is 0. The highest BCUT2D eigenvalue weighted by Crippen LogP contribution is 2.31. The van der Waals surface area contributed by atoms with Gasteiger partial charge in [0.25, 0.3) is 5.91 Å². The van der Waals surface area contributed by atoms with Crippen LogP contribution in [-0.4, -0.2) is 5.91 Å². The molecule has 0 bridgehead atoms. The van der Waals surface area contributed by atoms with Crippen LogP contribution in [0.15, 0.2) is 40.8 Å². The van der Waals surface area contributed by atoms with Gasteiger partial charge in [-0.1, -0.05) is 41.4 Å². The Hall–Kier alpha value is -1.97. The number of aryl methyl sites for hydroxylation is 2. The van der Waals surface area contributed by atoms with Crippen LogP contribution in [0.5, 0.6) is 0 Å². The summed E-state index contributed by atoms with van der Waals surface area (Å²) in [5, 5.41) is 4.71. The smallest absolute Gasteiger partial charge is 0.291 e. The van der Waals surface area contributed by atoms with Gasteiger partial charge >= 0.3 is 0 Å². The summed E-state index contributed by atoms with van der Waals surface area (Å²) < 4.78 is 5.66. The Kier molecular flexibility index (Phi) is 3.85. The highest BCUT2D eigenvalue weighted by molar-refractivity contribution is 6.35. The number of benzene rings is 2. The Morgan fingerprint density at radius 2 is 1.91 bits per heavy atom. The number of rotatable bonds is 2. The van der Waals surface area contributed by atoms with Crippen LogP contribution in [0.25, 0.3) is 11.0 Å². The molecule has 3 rings (SSSR count). The fourth-order valence-corrected chi connectivity index (χ4v) is 2.72. The quantitative estimate of drug-likeness (QED) is 0.662. The maximum Gasteiger partial charge on any atom is 0.291 e. The lowest BCUT2D eigenvalue weighted by Gasteiger charge is -2.07. The summed E-state index contributed by atoms with van der Waals surface area (Å²) in [4.78, 5) is 12.5. The molecule has 0 radical (unpaired) electrons. The summed E-state index contributed by atoms with van der Waals surface area (Å²) in [7, 11) is 0. The molecule has 0 aliphatic heterocycles. The summed E-state index contributed by atoms with van der Waals surface area (Å²) >= 11 is 12.1. The van der Waals surface area contributed by atoms with Crippen molar-refractivity contribution in [1.82, 2.24) is 0 Å². The van der Waals surface area contributed by atoms with Crippen molar-refractivity contribution in [2.45, 2.75) is 13.8 Å². The lowest BCUT2D eigenvalue weighted by Crippen LogP contribution is -2.13. The van der Waals surface area contributed by atoms with Gasteiger partial charge in [0, 0.05) is 21.7 Å². The van der Waals surface area contributed by atoms with E-state index in [2.05, 4.69) is 5.32 Å². The number of fused-ring (bicyclic) bond motifs is 1. The van der Waals surface area contributed by atoms with Gasteiger partial charge in [0.1, 0.15) is 0 Å². The maximum atomic E-state index is 12.5. The molecule has 0 saturated heterocycles. The number of carbonyl (C=O) groups is 1. The van der Waals surface area contributed by atoms with Crippen LogP contribution >= 0.6 is 23.2 Å². The number of hydrogen-bond donors (Lipinski definition) is 1. The minimum atomic E-state index is -0.324. The molecule has 5 heteroatoms. The van der Waals surface area contributed by atoms with Gasteiger partial charge in [-0.25, -0.2) is 0 Å². The van der Waals surface area contributed by atoms with E-state index in [1.54, 1.807) is 18.2 Å². The Balaban J connectivity index is 2.01. The number of para-hydroxylation sites is 1. The molecule has 0 aliphatic carbocycles. The topological polar surface area (TPSA) is 42.2 Å². The van der Waals surface area contributed by atoms with Crippen molar-refractivity contribution >= 4 is 45.8 Å². The van der Waals surface area contributed by atoms with Crippen LogP contribution in [0.3, 0.4) is 0 Å². The van der Waals surface area contributed by atoms with E-state index >= 15 is 0 Å². The average Bonchev–Trinajstić information content (AvgIpc) is 2.82. The van der Waals surface area contributed by atoms with Crippen molar-refractivity contribution in [3.05, 3.63) is 63.3 Å². The van der Waals surface area contributed by atoms with Crippen molar-refractivity contribution in [3.8, 4) is 0 Å². The van der Waals surface area contributed by atoms with Crippen LogP contribution in [0, 0.1) is 13.8 Å². The van der Waals surface area contributed by atoms with Gasteiger partial charge in [-0.3, -0.25) is 4.79 Å². The molecule has 0 spiro atoms. The highest BCUT2D eigenvalue weighted by Gasteiger charge is 2.19. The zero-order valence-electron chi connectivity index (χ0n) is 12.0. The van der Waals surface area contributed by atoms with E-state index in [0.717, 1.165) is 16.5 Å². The molecule has 0 fully saturated rings. The molecule has 112 valence electrons. The van der Waals surface area contributed by atoms with Crippen molar-refractivity contribution in [3.63, 3.8) is 0 Å². The second-order valence-corrected chi connectivity index (χ2v) is 5.93. The predicted molar refractivity (Wildman–Crippen MR) is 90.1 cm³/mol. The molecule has 1 aromatic heterocycles. The van der Waals surface area contributed by atoms with E-state index in [4.69, 9.17) is 27.6 Å². The molecular formula is C17H13Cl2NO2. The van der Waals surface area contributed by atoms with Crippen molar-refractivity contribution in [1.29, 1.82) is 0 Å². The molecule has 3 nitrogen and oxygen atoms in total. The third-order valence-corrected chi connectivity index (χ3v) is 4.10. The zero-order chi connectivity index (χ0) is 15.9. The second kappa shape index (κ2) is 5.67. The van der Waals surface area contributed by atoms with E-state index in [1.165, 1.54) is 0 Å². The molecule has 22 heavy (non-hydrogen) atoms. The van der Waals surface area contributed by atoms with Gasteiger partial charge in [-0.15, -0.1) is 0 Å². The minimum Gasteiger partial charge on any atom is -0.449 e. The summed E-state index contributed by atoms with van der Waals surface area (Å²) in [5.41, 5.74) is 2.86. The van der Waals surface area contributed by atoms with Gasteiger partial charge in [-0.2, -0.15) is 0 Å². The van der Waals surface area contributed by atoms with E-state index in [9.17, 15) is 4.79 Å². The Labute approximate surface area is 137 Å². The van der Waals surface area contributed by atoms with Crippen LogP contribution in [0.2, 0.25) is 10.0 Å². The number of anilines is 1. The van der Waals surface area contributed by atoms with Crippen molar-refractivity contribution < 1.29 is 9.21 Å². The average molecular weight is 334 g/mol. The largest absolute Gasteiger partial charge is 0.449 e. The Morgan fingerprint density at radius 3 is 2.64 bits per heavy atom. The van der Waals surface area contributed by atoms with Crippen LogP contribution in [0.1, 0.15) is 21.7 Å². The molecule has 0 aliphatic rings. The summed E-state index contributed by atoms with van der Waals surface area (Å²) in [6, 6.07) is 10.8. The van der Waals surface area contributed by atoms with Gasteiger partial charge in [-0.05, 0) is 37.6 Å². The molecule has 3 aromatic rings. The molecule has 0 saturated carbocycles. The van der Waals surface area contributed by atoms with E-state index in [-0.39, 0.29) is 11.7 Å². The SMILES string of the molecule is Cc1ccc(Cl)cc1NC(=O)c1oc2c(Cl)cccc2c1C. The first-order valence-electron chi connectivity index (χ1n) is 6.72. The first-order valence-corrected chi connectivity index (χ1v) is 7.48. The standard InChI is InChI=1S/C17H13Cl2NO2/c1-9-6-7-11(18)8-14(9)20-17(21)15-10(2)12-4-3-5-13(19)16(12)22-15/h3-8H,1-2H3,(H,20,21). The minimum absolute atomic E-state index is 0.252. The lowest BCUT2D eigenvalue weighted by atomic mass is 10.1. The highest BCUT2D eigenvalue weighted by atomic mass is 35.5. The molecule has 1 amide bonds. The normalized spacial score (nSPS) is 10.9. The van der Waals surface area contributed by atoms with Crippen molar-refractivity contribution in [2.24, 2.45) is 0 Å². The first-order chi connectivity index (χ1) is 10.5. The fourth-order valence-electron chi connectivity index (χ4n) is 2.33. The summed E-state index contributed by atoms with van der Waals surface area (Å²) in [6.45, 7) is 3.73. The molecule has 0 atom stereocenters. The monoisotopic (exact) mass is 333 g/mol. The Bertz CT molecular complexity index is 884. The van der Waals surface area contributed by atoms with E-state index < -0.39 is 0 Å². The second-order valence-electron chi connectivity index (χ2n) is 5.09. The third kappa shape index (κ3) is 2.58. The molecule has 1 heterocycles. The van der Waals surface area contributed by atoms with E-state index in [1.807, 2.05) is 32.0 Å². The first kappa shape index (κ1) is 14.9. The third-order valence-electron chi connectivity index (χ3n) is 3.57. The molecule has 2 aromatic carbocycles. The molecular weight excluding hydrogens is 321 g/mol. The molecule has 0 unspecified atom stereocenters. The predicted octanol–water partition coefficient (Wildman–Crippen LogP) is 5.61. The number of amides is 1. The lowest BCUT2D eigenvalue weighted by molar-refractivity contribution is 0.0998. The molecule has 1 N–H and O–H groups in total. The number of carbonyl (C=O) groups excluding carboxylic acids is 1. The van der Waals surface area contributed by atoms with Gasteiger partial charge in [0.05, 0.1) is 5.02 Å². The van der Waals surface area contributed by atoms with Crippen LogP contribution < -0.4 is 5.32 Å². The number of hydrogen-bond acceptors (Lipinski definition) is 2. The van der Waals surface area contributed by atoms with Crippen molar-refractivity contribution in [2.75, 3.05) is 5.32 Å². The van der Waals surface area contributed by atoms with Crippen LogP contribution in [0.4, 0.5) is 5.69 Å². The van der Waals surface area contributed by atoms with Gasteiger partial charge in [0.2, 0.25) is 0 Å². The number of nitrogens with one attached hydrogen (secondary N) is 1. The summed E-state index contributed by atoms with van der Waals surface area (Å²) in [5.74, 6) is -0.0717. The zero-order valence-corrected chi connectivity index (χ0v) is 13.5. The fraction of sp³-hybridized carbons (Fsp3) is 0.118. The van der Waals surface area contributed by atoms with Crippen LogP contribution in [-0.2, 0) is 0 Å². The number of furan rings is 1. The maximum absolute atomic E-state index is 12.5. The number of halogens is 2. The van der Waals surface area contributed by atoms with Gasteiger partial charge < -0.3 is 9.73 Å². The Morgan fingerprint density at radius 1 is 1.14 bits per heavy atom. The van der Waals surface area contributed by atoms with E-state index in [0.29, 0.717) is 21.3 Å².